The monoisotopic (exact) mass is 262 g/mol. The first-order chi connectivity index (χ1) is 9.24. The summed E-state index contributed by atoms with van der Waals surface area (Å²) in [6, 6.07) is 10.5. The molecule has 2 nitrogen and oxygen atoms in total. The van der Waals surface area contributed by atoms with Crippen LogP contribution >= 0.6 is 0 Å². The second kappa shape index (κ2) is 9.60. The van der Waals surface area contributed by atoms with Crippen LogP contribution in [0.5, 0.6) is 0 Å². The van der Waals surface area contributed by atoms with Crippen molar-refractivity contribution in [1.82, 2.24) is 0 Å². The SMILES string of the molecule is CCCCCC(=O)OCCCC(C)c1ccccc1. The molecular weight excluding hydrogens is 236 g/mol. The molecule has 0 amide bonds. The van der Waals surface area contributed by atoms with Gasteiger partial charge >= 0.3 is 5.97 Å². The lowest BCUT2D eigenvalue weighted by molar-refractivity contribution is -0.143. The van der Waals surface area contributed by atoms with Gasteiger partial charge in [0.2, 0.25) is 0 Å². The Labute approximate surface area is 117 Å². The number of carbonyl (C=O) groups is 1. The van der Waals surface area contributed by atoms with Crippen LogP contribution in [0.4, 0.5) is 0 Å². The van der Waals surface area contributed by atoms with Gasteiger partial charge in [-0.25, -0.2) is 0 Å². The smallest absolute Gasteiger partial charge is 0.305 e. The maximum atomic E-state index is 11.4. The molecule has 0 fully saturated rings. The maximum Gasteiger partial charge on any atom is 0.305 e. The number of hydrogen-bond acceptors (Lipinski definition) is 2. The highest BCUT2D eigenvalue weighted by Crippen LogP contribution is 2.19. The number of ether oxygens (including phenoxy) is 1. The summed E-state index contributed by atoms with van der Waals surface area (Å²) in [5, 5.41) is 0. The van der Waals surface area contributed by atoms with Gasteiger partial charge in [0.25, 0.3) is 0 Å². The molecule has 0 radical (unpaired) electrons. The summed E-state index contributed by atoms with van der Waals surface area (Å²) in [5.74, 6) is 0.487. The highest BCUT2D eigenvalue weighted by atomic mass is 16.5. The minimum absolute atomic E-state index is 0.0409. The van der Waals surface area contributed by atoms with E-state index in [2.05, 4.69) is 38.1 Å². The van der Waals surface area contributed by atoms with E-state index in [0.29, 0.717) is 18.9 Å². The van der Waals surface area contributed by atoms with E-state index in [0.717, 1.165) is 32.1 Å². The Hall–Kier alpha value is -1.31. The lowest BCUT2D eigenvalue weighted by Crippen LogP contribution is -2.06. The summed E-state index contributed by atoms with van der Waals surface area (Å²) in [5.41, 5.74) is 1.36. The molecule has 2 heteroatoms. The van der Waals surface area contributed by atoms with Crippen LogP contribution in [0.3, 0.4) is 0 Å². The molecule has 1 unspecified atom stereocenters. The minimum Gasteiger partial charge on any atom is -0.466 e. The van der Waals surface area contributed by atoms with E-state index in [1.165, 1.54) is 5.56 Å². The lowest BCUT2D eigenvalue weighted by atomic mass is 9.97. The third-order valence-corrected chi connectivity index (χ3v) is 3.40. The van der Waals surface area contributed by atoms with Crippen molar-refractivity contribution in [1.29, 1.82) is 0 Å². The number of unbranched alkanes of at least 4 members (excludes halogenated alkanes) is 2. The van der Waals surface area contributed by atoms with Gasteiger partial charge in [-0.05, 0) is 30.7 Å². The van der Waals surface area contributed by atoms with E-state index < -0.39 is 0 Å². The summed E-state index contributed by atoms with van der Waals surface area (Å²) < 4.78 is 5.24. The van der Waals surface area contributed by atoms with Crippen LogP contribution in [0, 0.1) is 0 Å². The molecule has 1 rings (SSSR count). The van der Waals surface area contributed by atoms with Crippen LogP contribution in [-0.4, -0.2) is 12.6 Å². The average Bonchev–Trinajstić information content (AvgIpc) is 2.44. The molecule has 0 aliphatic rings. The van der Waals surface area contributed by atoms with Gasteiger partial charge < -0.3 is 4.74 Å². The van der Waals surface area contributed by atoms with Crippen LogP contribution in [0.15, 0.2) is 30.3 Å². The molecule has 0 aliphatic carbocycles. The molecule has 0 bridgehead atoms. The van der Waals surface area contributed by atoms with Gasteiger partial charge in [0, 0.05) is 6.42 Å². The van der Waals surface area contributed by atoms with Gasteiger partial charge in [-0.1, -0.05) is 57.0 Å². The highest BCUT2D eigenvalue weighted by Gasteiger charge is 2.06. The zero-order valence-corrected chi connectivity index (χ0v) is 12.2. The fraction of sp³-hybridized carbons (Fsp3) is 0.588. The first-order valence-electron chi connectivity index (χ1n) is 7.44. The maximum absolute atomic E-state index is 11.4. The van der Waals surface area contributed by atoms with Crippen molar-refractivity contribution >= 4 is 5.97 Å². The van der Waals surface area contributed by atoms with Gasteiger partial charge in [-0.2, -0.15) is 0 Å². The first kappa shape index (κ1) is 15.7. The second-order valence-corrected chi connectivity index (χ2v) is 5.13. The third-order valence-electron chi connectivity index (χ3n) is 3.40. The fourth-order valence-electron chi connectivity index (χ4n) is 2.12. The molecule has 0 aliphatic heterocycles. The van der Waals surface area contributed by atoms with Crippen molar-refractivity contribution in [3.05, 3.63) is 35.9 Å². The van der Waals surface area contributed by atoms with Crippen molar-refractivity contribution in [3.8, 4) is 0 Å². The Morgan fingerprint density at radius 3 is 2.58 bits per heavy atom. The van der Waals surface area contributed by atoms with Crippen molar-refractivity contribution in [3.63, 3.8) is 0 Å². The molecule has 1 aromatic carbocycles. The number of esters is 1. The Kier molecular flexibility index (Phi) is 7.95. The van der Waals surface area contributed by atoms with Crippen LogP contribution < -0.4 is 0 Å². The van der Waals surface area contributed by atoms with Crippen LogP contribution in [-0.2, 0) is 9.53 Å². The normalized spacial score (nSPS) is 12.1. The number of carbonyl (C=O) groups excluding carboxylic acids is 1. The molecule has 0 N–H and O–H groups in total. The van der Waals surface area contributed by atoms with Gasteiger partial charge in [0.05, 0.1) is 6.61 Å². The summed E-state index contributed by atoms with van der Waals surface area (Å²) in [6.07, 6.45) is 5.78. The van der Waals surface area contributed by atoms with Gasteiger partial charge in [-0.15, -0.1) is 0 Å². The van der Waals surface area contributed by atoms with Crippen molar-refractivity contribution in [2.45, 2.75) is 58.3 Å². The Morgan fingerprint density at radius 1 is 1.16 bits per heavy atom. The molecule has 0 spiro atoms. The predicted octanol–water partition coefficient (Wildman–Crippen LogP) is 4.69. The molecule has 0 saturated carbocycles. The van der Waals surface area contributed by atoms with Crippen LogP contribution in [0.2, 0.25) is 0 Å². The molecular formula is C17H26O2. The summed E-state index contributed by atoms with van der Waals surface area (Å²) in [4.78, 5) is 11.4. The van der Waals surface area contributed by atoms with Crippen LogP contribution in [0.1, 0.15) is 63.9 Å². The van der Waals surface area contributed by atoms with E-state index in [1.807, 2.05) is 6.07 Å². The van der Waals surface area contributed by atoms with Crippen LogP contribution in [0.25, 0.3) is 0 Å². The van der Waals surface area contributed by atoms with E-state index >= 15 is 0 Å². The van der Waals surface area contributed by atoms with E-state index in [1.54, 1.807) is 0 Å². The van der Waals surface area contributed by atoms with Crippen molar-refractivity contribution in [2.24, 2.45) is 0 Å². The predicted molar refractivity (Wildman–Crippen MR) is 79.2 cm³/mol. The van der Waals surface area contributed by atoms with E-state index in [4.69, 9.17) is 4.74 Å². The molecule has 106 valence electrons. The highest BCUT2D eigenvalue weighted by molar-refractivity contribution is 5.69. The van der Waals surface area contributed by atoms with Crippen molar-refractivity contribution in [2.75, 3.05) is 6.61 Å². The number of benzene rings is 1. The number of hydrogen-bond donors (Lipinski definition) is 0. The van der Waals surface area contributed by atoms with Gasteiger partial charge in [-0.3, -0.25) is 4.79 Å². The van der Waals surface area contributed by atoms with Gasteiger partial charge in [0.15, 0.2) is 0 Å². The molecule has 1 atom stereocenters. The average molecular weight is 262 g/mol. The summed E-state index contributed by atoms with van der Waals surface area (Å²) >= 11 is 0. The molecule has 0 heterocycles. The Morgan fingerprint density at radius 2 is 1.89 bits per heavy atom. The third kappa shape index (κ3) is 7.00. The second-order valence-electron chi connectivity index (χ2n) is 5.13. The van der Waals surface area contributed by atoms with E-state index in [9.17, 15) is 4.79 Å². The molecule has 1 aromatic rings. The zero-order chi connectivity index (χ0) is 13.9. The standard InChI is InChI=1S/C17H26O2/c1-3-4-6-13-17(18)19-14-9-10-15(2)16-11-7-5-8-12-16/h5,7-8,11-12,15H,3-4,6,9-10,13-14H2,1-2H3. The Balaban J connectivity index is 2.09. The topological polar surface area (TPSA) is 26.3 Å². The minimum atomic E-state index is -0.0409. The fourth-order valence-corrected chi connectivity index (χ4v) is 2.12. The molecule has 0 saturated heterocycles. The zero-order valence-electron chi connectivity index (χ0n) is 12.2. The first-order valence-corrected chi connectivity index (χ1v) is 7.44. The Bertz CT molecular complexity index is 346. The largest absolute Gasteiger partial charge is 0.466 e. The summed E-state index contributed by atoms with van der Waals surface area (Å²) in [6.45, 7) is 4.91. The molecule has 0 aromatic heterocycles. The van der Waals surface area contributed by atoms with Crippen molar-refractivity contribution < 1.29 is 9.53 Å². The van der Waals surface area contributed by atoms with E-state index in [-0.39, 0.29) is 5.97 Å². The van der Waals surface area contributed by atoms with Gasteiger partial charge in [0.1, 0.15) is 0 Å². The lowest BCUT2D eigenvalue weighted by Gasteiger charge is -2.11. The number of rotatable bonds is 9. The quantitative estimate of drug-likeness (QED) is 0.476. The molecule has 19 heavy (non-hydrogen) atoms. The summed E-state index contributed by atoms with van der Waals surface area (Å²) in [7, 11) is 0.